The maximum Gasteiger partial charge on any atom is 0.252 e. The molecule has 0 unspecified atom stereocenters. The summed E-state index contributed by atoms with van der Waals surface area (Å²) in [6.07, 6.45) is 0.563. The third-order valence-corrected chi connectivity index (χ3v) is 1.73. The average Bonchev–Trinajstić information content (AvgIpc) is 2.51. The van der Waals surface area contributed by atoms with Crippen molar-refractivity contribution in [1.82, 2.24) is 5.32 Å². The van der Waals surface area contributed by atoms with Gasteiger partial charge in [0.1, 0.15) is 11.8 Å². The second-order valence-corrected chi connectivity index (χ2v) is 2.45. The number of β-lactam (4-membered cyclic amide) rings is 1. The first-order chi connectivity index (χ1) is 5.29. The molecule has 61 valence electrons. The van der Waals surface area contributed by atoms with Crippen LogP contribution in [0.1, 0.15) is 11.8 Å². The van der Waals surface area contributed by atoms with Crippen molar-refractivity contribution < 1.29 is 58.4 Å². The molecule has 0 spiro atoms. The molecular formula is C7H7AcNO3. The number of amides is 1. The zero-order valence-corrected chi connectivity index (χ0v) is 11.0. The Bertz CT molecular complexity index is 272. The third-order valence-electron chi connectivity index (χ3n) is 1.73. The first-order valence-electron chi connectivity index (χ1n) is 3.31. The van der Waals surface area contributed by atoms with E-state index in [-0.39, 0.29) is 56.0 Å². The predicted molar refractivity (Wildman–Crippen MR) is 35.6 cm³/mol. The molecule has 0 aliphatic carbocycles. The summed E-state index contributed by atoms with van der Waals surface area (Å²) >= 11 is 0. The van der Waals surface area contributed by atoms with E-state index in [9.17, 15) is 4.79 Å². The summed E-state index contributed by atoms with van der Waals surface area (Å²) in [6.45, 7) is 0. The molecule has 4 nitrogen and oxygen atoms in total. The summed E-state index contributed by atoms with van der Waals surface area (Å²) in [7, 11) is 0. The van der Waals surface area contributed by atoms with Crippen LogP contribution < -0.4 is 5.32 Å². The molecule has 1 aromatic heterocycles. The van der Waals surface area contributed by atoms with E-state index in [0.29, 0.717) is 5.76 Å². The Labute approximate surface area is 105 Å². The predicted octanol–water partition coefficient (Wildman–Crippen LogP) is -0.189. The van der Waals surface area contributed by atoms with Gasteiger partial charge in [0, 0.05) is 44.1 Å². The minimum Gasteiger partial charge on any atom is -0.467 e. The first-order valence-corrected chi connectivity index (χ1v) is 3.31. The van der Waals surface area contributed by atoms with Gasteiger partial charge in [0.15, 0.2) is 6.10 Å². The SMILES string of the molecule is O=C1N[C@H](c2ccco2)[C@@H]1O.[Ac]. The van der Waals surface area contributed by atoms with E-state index in [1.807, 2.05) is 0 Å². The van der Waals surface area contributed by atoms with Gasteiger partial charge in [0.05, 0.1) is 6.26 Å². The van der Waals surface area contributed by atoms with Crippen molar-refractivity contribution in [3.63, 3.8) is 0 Å². The van der Waals surface area contributed by atoms with Crippen LogP contribution in [0.4, 0.5) is 0 Å². The third kappa shape index (κ3) is 1.59. The smallest absolute Gasteiger partial charge is 0.252 e. The van der Waals surface area contributed by atoms with Crippen LogP contribution >= 0.6 is 0 Å². The Kier molecular flexibility index (Phi) is 3.33. The zero-order valence-electron chi connectivity index (χ0n) is 6.23. The van der Waals surface area contributed by atoms with Crippen LogP contribution in [0.5, 0.6) is 0 Å². The zero-order chi connectivity index (χ0) is 7.84. The number of hydrogen-bond acceptors (Lipinski definition) is 3. The van der Waals surface area contributed by atoms with E-state index < -0.39 is 6.10 Å². The molecule has 0 bridgehead atoms. The van der Waals surface area contributed by atoms with Crippen molar-refractivity contribution >= 4 is 5.91 Å². The molecule has 0 aromatic carbocycles. The molecule has 1 radical (unpaired) electrons. The summed E-state index contributed by atoms with van der Waals surface area (Å²) in [5.41, 5.74) is 0. The number of hydrogen-bond donors (Lipinski definition) is 2. The Morgan fingerprint density at radius 1 is 1.58 bits per heavy atom. The van der Waals surface area contributed by atoms with Crippen LogP contribution in [0, 0.1) is 44.1 Å². The van der Waals surface area contributed by atoms with Crippen molar-refractivity contribution in [2.75, 3.05) is 0 Å². The van der Waals surface area contributed by atoms with E-state index in [4.69, 9.17) is 9.52 Å². The molecule has 1 aliphatic heterocycles. The fraction of sp³-hybridized carbons (Fsp3) is 0.286. The van der Waals surface area contributed by atoms with Crippen molar-refractivity contribution in [2.45, 2.75) is 12.1 Å². The maximum absolute atomic E-state index is 10.5. The van der Waals surface area contributed by atoms with Crippen LogP contribution in [0.25, 0.3) is 0 Å². The van der Waals surface area contributed by atoms with Crippen LogP contribution in [0.3, 0.4) is 0 Å². The van der Waals surface area contributed by atoms with Gasteiger partial charge >= 0.3 is 0 Å². The fourth-order valence-corrected chi connectivity index (χ4v) is 1.07. The minimum absolute atomic E-state index is 0. The van der Waals surface area contributed by atoms with Gasteiger partial charge in [-0.3, -0.25) is 4.79 Å². The van der Waals surface area contributed by atoms with Crippen molar-refractivity contribution in [3.8, 4) is 0 Å². The van der Waals surface area contributed by atoms with E-state index in [2.05, 4.69) is 5.32 Å². The van der Waals surface area contributed by atoms with E-state index in [1.54, 1.807) is 12.1 Å². The summed E-state index contributed by atoms with van der Waals surface area (Å²) in [4.78, 5) is 10.5. The second-order valence-electron chi connectivity index (χ2n) is 2.45. The maximum atomic E-state index is 10.5. The standard InChI is InChI=1S/C7H7NO3.Ac/c9-6-5(8-7(6)10)4-2-1-3-11-4;/h1-3,5-6,9H,(H,8,10);/t5-,6+;/m1./s1. The summed E-state index contributed by atoms with van der Waals surface area (Å²) in [5, 5.41) is 11.6. The summed E-state index contributed by atoms with van der Waals surface area (Å²) < 4.78 is 4.98. The number of aliphatic hydroxyl groups excluding tert-OH is 1. The first kappa shape index (κ1) is 10.2. The monoisotopic (exact) mass is 380 g/mol. The molecule has 5 heteroatoms. The number of furan rings is 1. The number of nitrogens with one attached hydrogen (secondary N) is 1. The van der Waals surface area contributed by atoms with Gasteiger partial charge in [-0.05, 0) is 12.1 Å². The molecule has 2 atom stereocenters. The van der Waals surface area contributed by atoms with Crippen LogP contribution in [-0.4, -0.2) is 17.1 Å². The molecule has 2 rings (SSSR count). The molecule has 1 amide bonds. The van der Waals surface area contributed by atoms with E-state index in [0.717, 1.165) is 0 Å². The van der Waals surface area contributed by atoms with Gasteiger partial charge in [-0.15, -0.1) is 0 Å². The Hall–Kier alpha value is 0.152. The molecule has 0 saturated carbocycles. The fourth-order valence-electron chi connectivity index (χ4n) is 1.07. The molecule has 1 aromatic rings. The van der Waals surface area contributed by atoms with Gasteiger partial charge in [-0.1, -0.05) is 0 Å². The molecule has 1 aliphatic rings. The van der Waals surface area contributed by atoms with Crippen molar-refractivity contribution in [3.05, 3.63) is 24.2 Å². The van der Waals surface area contributed by atoms with Crippen LogP contribution in [-0.2, 0) is 4.79 Å². The molecule has 2 N–H and O–H groups in total. The number of aliphatic hydroxyl groups is 1. The number of rotatable bonds is 1. The summed E-state index contributed by atoms with van der Waals surface area (Å²) in [5.74, 6) is 0.253. The molecule has 1 saturated heterocycles. The molecule has 1 fully saturated rings. The topological polar surface area (TPSA) is 62.5 Å². The van der Waals surface area contributed by atoms with Gasteiger partial charge < -0.3 is 14.8 Å². The minimum atomic E-state index is -0.943. The number of carbonyl (C=O) groups excluding carboxylic acids is 1. The summed E-state index contributed by atoms with van der Waals surface area (Å²) in [6, 6.07) is 3.08. The number of carbonyl (C=O) groups is 1. The van der Waals surface area contributed by atoms with Gasteiger partial charge in [0.2, 0.25) is 0 Å². The Morgan fingerprint density at radius 3 is 2.75 bits per heavy atom. The van der Waals surface area contributed by atoms with E-state index >= 15 is 0 Å². The van der Waals surface area contributed by atoms with Crippen molar-refractivity contribution in [2.24, 2.45) is 0 Å². The van der Waals surface area contributed by atoms with Crippen molar-refractivity contribution in [1.29, 1.82) is 0 Å². The van der Waals surface area contributed by atoms with Gasteiger partial charge in [-0.25, -0.2) is 0 Å². The largest absolute Gasteiger partial charge is 0.467 e. The van der Waals surface area contributed by atoms with Gasteiger partial charge in [-0.2, -0.15) is 0 Å². The normalized spacial score (nSPS) is 26.9. The Balaban J connectivity index is 0.000000720. The van der Waals surface area contributed by atoms with Crippen LogP contribution in [0.2, 0.25) is 0 Å². The quantitative estimate of drug-likeness (QED) is 0.665. The van der Waals surface area contributed by atoms with E-state index in [1.165, 1.54) is 6.26 Å². The van der Waals surface area contributed by atoms with Crippen LogP contribution in [0.15, 0.2) is 22.8 Å². The Morgan fingerprint density at radius 2 is 2.33 bits per heavy atom. The molecular weight excluding hydrogens is 373 g/mol. The van der Waals surface area contributed by atoms with Gasteiger partial charge in [0.25, 0.3) is 5.91 Å². The molecule has 12 heavy (non-hydrogen) atoms. The second kappa shape index (κ2) is 3.91. The molecule has 2 heterocycles. The average molecular weight is 380 g/mol.